The van der Waals surface area contributed by atoms with Crippen LogP contribution in [0.1, 0.15) is 5.56 Å². The maximum absolute atomic E-state index is 10.6. The molecule has 0 aliphatic rings. The second kappa shape index (κ2) is 12.3. The van der Waals surface area contributed by atoms with Crippen LogP contribution < -0.4 is 0 Å². The number of nitro groups is 1. The predicted molar refractivity (Wildman–Crippen MR) is 127 cm³/mol. The number of benzene rings is 3. The zero-order chi connectivity index (χ0) is 23.8. The van der Waals surface area contributed by atoms with Crippen LogP contribution >= 0.6 is 0 Å². The zero-order valence-electron chi connectivity index (χ0n) is 18.5. The van der Waals surface area contributed by atoms with Crippen molar-refractivity contribution in [2.75, 3.05) is 0 Å². The van der Waals surface area contributed by atoms with Gasteiger partial charge in [0.1, 0.15) is 5.82 Å². The minimum atomic E-state index is -0.490. The fourth-order valence-corrected chi connectivity index (χ4v) is 2.95. The number of nitro benzene ring substituents is 1. The average molecular weight is 639 g/mol. The molecule has 9 heteroatoms. The average Bonchev–Trinajstić information content (AvgIpc) is 2.90. The summed E-state index contributed by atoms with van der Waals surface area (Å²) in [6.07, 6.45) is 1.82. The summed E-state index contributed by atoms with van der Waals surface area (Å²) in [5.74, 6) is 0.686. The second-order valence-corrected chi connectivity index (χ2v) is 7.13. The van der Waals surface area contributed by atoms with Crippen LogP contribution in [0.4, 0.5) is 5.69 Å². The van der Waals surface area contributed by atoms with E-state index in [2.05, 4.69) is 50.5 Å². The molecule has 8 nitrogen and oxygen atoms in total. The second-order valence-electron chi connectivity index (χ2n) is 7.13. The van der Waals surface area contributed by atoms with Crippen LogP contribution in [0.3, 0.4) is 0 Å². The monoisotopic (exact) mass is 639 g/mol. The van der Waals surface area contributed by atoms with E-state index >= 15 is 0 Å². The maximum atomic E-state index is 10.6. The van der Waals surface area contributed by atoms with Crippen LogP contribution in [0.25, 0.3) is 34.0 Å². The molecule has 0 fully saturated rings. The number of aryl methyl sites for hydroxylation is 1. The smallest absolute Gasteiger partial charge is 0.201 e. The third kappa shape index (κ3) is 6.89. The Morgan fingerprint density at radius 1 is 0.800 bits per heavy atom. The van der Waals surface area contributed by atoms with E-state index in [1.165, 1.54) is 23.8 Å². The van der Waals surface area contributed by atoms with Gasteiger partial charge in [0.05, 0.1) is 0 Å². The third-order valence-corrected chi connectivity index (χ3v) is 4.66. The van der Waals surface area contributed by atoms with E-state index < -0.39 is 4.92 Å². The van der Waals surface area contributed by atoms with E-state index in [-0.39, 0.29) is 31.6 Å². The number of pyridine rings is 1. The first-order chi connectivity index (χ1) is 16.6. The van der Waals surface area contributed by atoms with E-state index in [1.807, 2.05) is 66.9 Å². The number of hydrogen-bond acceptors (Lipinski definition) is 7. The van der Waals surface area contributed by atoms with Crippen LogP contribution in [-0.2, 0) is 20.1 Å². The summed E-state index contributed by atoms with van der Waals surface area (Å²) in [6.45, 7) is 2.06. The molecule has 0 amide bonds. The fourth-order valence-electron chi connectivity index (χ4n) is 2.95. The first-order valence-electron chi connectivity index (χ1n) is 10.3. The minimum Gasteiger partial charge on any atom is -0.305 e. The molecule has 35 heavy (non-hydrogen) atoms. The van der Waals surface area contributed by atoms with Crippen molar-refractivity contribution >= 4 is 5.69 Å². The summed E-state index contributed by atoms with van der Waals surface area (Å²) in [7, 11) is 0. The molecule has 3 aromatic carbocycles. The zero-order valence-corrected chi connectivity index (χ0v) is 20.9. The van der Waals surface area contributed by atoms with Crippen molar-refractivity contribution in [3.8, 4) is 34.0 Å². The third-order valence-electron chi connectivity index (χ3n) is 4.66. The molecule has 0 atom stereocenters. The summed E-state index contributed by atoms with van der Waals surface area (Å²) >= 11 is 0. The molecule has 175 valence electrons. The SMILES string of the molecule is Cc1ccnc(-c2[c-]cccc2)c1.O=[N+]([O-])c1c[c-]c(-c2nnc(-c3ccccc3)nn2)cc1.[Ir]. The van der Waals surface area contributed by atoms with Gasteiger partial charge in [-0.1, -0.05) is 54.1 Å². The van der Waals surface area contributed by atoms with Gasteiger partial charge in [0.15, 0.2) is 5.69 Å². The normalized spacial score (nSPS) is 9.86. The van der Waals surface area contributed by atoms with Crippen molar-refractivity contribution in [3.63, 3.8) is 0 Å². The minimum absolute atomic E-state index is 0. The van der Waals surface area contributed by atoms with Crippen LogP contribution in [0, 0.1) is 29.2 Å². The van der Waals surface area contributed by atoms with Crippen molar-refractivity contribution in [2.24, 2.45) is 0 Å². The summed E-state index contributed by atoms with van der Waals surface area (Å²) in [5, 5.41) is 26.5. The van der Waals surface area contributed by atoms with Gasteiger partial charge in [-0.15, -0.1) is 63.8 Å². The van der Waals surface area contributed by atoms with Crippen LogP contribution in [0.2, 0.25) is 0 Å². The summed E-state index contributed by atoms with van der Waals surface area (Å²) < 4.78 is 0. The first-order valence-corrected chi connectivity index (χ1v) is 10.3. The predicted octanol–water partition coefficient (Wildman–Crippen LogP) is 5.16. The molecule has 0 spiro atoms. The van der Waals surface area contributed by atoms with Crippen molar-refractivity contribution in [1.82, 2.24) is 25.4 Å². The van der Waals surface area contributed by atoms with E-state index in [4.69, 9.17) is 0 Å². The number of rotatable bonds is 4. The number of nitrogens with zero attached hydrogens (tertiary/aromatic N) is 6. The number of non-ortho nitro benzene ring substituents is 1. The molecule has 0 aliphatic heterocycles. The molecule has 1 radical (unpaired) electrons. The molecule has 5 rings (SSSR count). The Morgan fingerprint density at radius 2 is 1.51 bits per heavy atom. The molecule has 5 aromatic rings. The molecule has 2 aromatic heterocycles. The largest absolute Gasteiger partial charge is 0.305 e. The Kier molecular flexibility index (Phi) is 8.95. The van der Waals surface area contributed by atoms with E-state index in [1.54, 1.807) is 0 Å². The van der Waals surface area contributed by atoms with Gasteiger partial charge in [-0.3, -0.25) is 10.1 Å². The number of aromatic nitrogens is 5. The van der Waals surface area contributed by atoms with Gasteiger partial charge in [0, 0.05) is 36.8 Å². The molecule has 0 N–H and O–H groups in total. The van der Waals surface area contributed by atoms with Gasteiger partial charge in [0.2, 0.25) is 5.82 Å². The van der Waals surface area contributed by atoms with E-state index in [0.717, 1.165) is 16.8 Å². The van der Waals surface area contributed by atoms with E-state index in [9.17, 15) is 10.1 Å². The fraction of sp³-hybridized carbons (Fsp3) is 0.0385. The first kappa shape index (κ1) is 25.4. The van der Waals surface area contributed by atoms with Crippen LogP contribution in [0.5, 0.6) is 0 Å². The number of hydrogen-bond donors (Lipinski definition) is 0. The summed E-state index contributed by atoms with van der Waals surface area (Å²) in [4.78, 5) is 14.4. The summed E-state index contributed by atoms with van der Waals surface area (Å²) in [5.41, 5.74) is 4.53. The maximum Gasteiger partial charge on any atom is 0.201 e. The summed E-state index contributed by atoms with van der Waals surface area (Å²) in [6, 6.07) is 31.3. The molecule has 0 unspecified atom stereocenters. The van der Waals surface area contributed by atoms with Gasteiger partial charge in [-0.25, -0.2) is 0 Å². The van der Waals surface area contributed by atoms with Gasteiger partial charge < -0.3 is 4.98 Å². The Hall–Kier alpha value is -4.20. The molecule has 0 aliphatic carbocycles. The molecule has 0 bridgehead atoms. The molecule has 0 saturated carbocycles. The van der Waals surface area contributed by atoms with Crippen LogP contribution in [-0.4, -0.2) is 30.3 Å². The van der Waals surface area contributed by atoms with Crippen molar-refractivity contribution in [1.29, 1.82) is 0 Å². The Bertz CT molecular complexity index is 1370. The van der Waals surface area contributed by atoms with E-state index in [0.29, 0.717) is 11.4 Å². The van der Waals surface area contributed by atoms with Crippen molar-refractivity contribution < 1.29 is 25.0 Å². The molecule has 0 saturated heterocycles. The van der Waals surface area contributed by atoms with Crippen LogP contribution in [0.15, 0.2) is 91.1 Å². The molecule has 2 heterocycles. The quantitative estimate of drug-likeness (QED) is 0.152. The van der Waals surface area contributed by atoms with Crippen molar-refractivity contribution in [3.05, 3.63) is 119 Å². The topological polar surface area (TPSA) is 108 Å². The Labute approximate surface area is 215 Å². The van der Waals surface area contributed by atoms with Crippen molar-refractivity contribution in [2.45, 2.75) is 6.92 Å². The molecular weight excluding hydrogens is 621 g/mol. The van der Waals surface area contributed by atoms with Gasteiger partial charge in [-0.05, 0) is 18.7 Å². The Balaban J connectivity index is 0.000000211. The standard InChI is InChI=1S/C14H8N5O2.C12H10N.Ir/c20-19(21)12-8-6-11(7-9-12)14-17-15-13(16-18-14)10-4-2-1-3-5-10;1-10-7-8-13-12(9-10)11-5-3-2-4-6-11;/h1-6,8-9H;2-5,7-9H,1H3;/q2*-1;. The van der Waals surface area contributed by atoms with Gasteiger partial charge in [-0.2, -0.15) is 10.2 Å². The van der Waals surface area contributed by atoms with Gasteiger partial charge in [0.25, 0.3) is 0 Å². The Morgan fingerprint density at radius 3 is 2.11 bits per heavy atom. The van der Waals surface area contributed by atoms with Gasteiger partial charge >= 0.3 is 0 Å². The molecular formula is C26H18IrN6O2-2.